The molecule has 0 saturated heterocycles. The van der Waals surface area contributed by atoms with Gasteiger partial charge in [-0.15, -0.1) is 0 Å². The first-order valence-corrected chi connectivity index (χ1v) is 6.05. The van der Waals surface area contributed by atoms with Crippen molar-refractivity contribution in [1.82, 2.24) is 0 Å². The zero-order chi connectivity index (χ0) is 11.6. The summed E-state index contributed by atoms with van der Waals surface area (Å²) in [5.74, 6) is 1.52. The van der Waals surface area contributed by atoms with Crippen molar-refractivity contribution in [3.8, 4) is 5.75 Å². The van der Waals surface area contributed by atoms with E-state index >= 15 is 0 Å². The standard InChI is InChI=1S/C14H20O2/c1-3-11-8-9-14(15,10-11)12-4-6-13(16-2)7-5-12/h4-7,11,15H,3,8-10H2,1-2H3. The second-order valence-electron chi connectivity index (χ2n) is 4.78. The average Bonchev–Trinajstić information content (AvgIpc) is 2.73. The van der Waals surface area contributed by atoms with Gasteiger partial charge in [-0.2, -0.15) is 0 Å². The third kappa shape index (κ3) is 2.07. The molecule has 0 spiro atoms. The van der Waals surface area contributed by atoms with Crippen LogP contribution in [0.15, 0.2) is 24.3 Å². The Morgan fingerprint density at radius 2 is 2.06 bits per heavy atom. The normalized spacial score (nSPS) is 29.3. The van der Waals surface area contributed by atoms with Gasteiger partial charge >= 0.3 is 0 Å². The summed E-state index contributed by atoms with van der Waals surface area (Å²) in [6, 6.07) is 7.81. The van der Waals surface area contributed by atoms with Gasteiger partial charge in [-0.3, -0.25) is 0 Å². The van der Waals surface area contributed by atoms with Crippen molar-refractivity contribution >= 4 is 0 Å². The molecule has 1 saturated carbocycles. The van der Waals surface area contributed by atoms with Crippen molar-refractivity contribution in [2.24, 2.45) is 5.92 Å². The Hall–Kier alpha value is -1.02. The van der Waals surface area contributed by atoms with E-state index in [0.29, 0.717) is 5.92 Å². The molecule has 0 amide bonds. The van der Waals surface area contributed by atoms with Crippen LogP contribution in [0.2, 0.25) is 0 Å². The van der Waals surface area contributed by atoms with Crippen LogP contribution >= 0.6 is 0 Å². The highest BCUT2D eigenvalue weighted by molar-refractivity contribution is 5.31. The lowest BCUT2D eigenvalue weighted by Crippen LogP contribution is -2.21. The van der Waals surface area contributed by atoms with Crippen molar-refractivity contribution in [2.75, 3.05) is 7.11 Å². The molecule has 0 bridgehead atoms. The highest BCUT2D eigenvalue weighted by Gasteiger charge is 2.37. The molecule has 0 heterocycles. The van der Waals surface area contributed by atoms with Crippen LogP contribution in [0.5, 0.6) is 5.75 Å². The van der Waals surface area contributed by atoms with E-state index in [9.17, 15) is 5.11 Å². The Morgan fingerprint density at radius 3 is 2.56 bits per heavy atom. The Bertz CT molecular complexity index is 344. The third-order valence-corrected chi connectivity index (χ3v) is 3.80. The lowest BCUT2D eigenvalue weighted by atomic mass is 9.90. The van der Waals surface area contributed by atoms with Crippen molar-refractivity contribution in [3.05, 3.63) is 29.8 Å². The van der Waals surface area contributed by atoms with Crippen LogP contribution < -0.4 is 4.74 Å². The molecule has 16 heavy (non-hydrogen) atoms. The van der Waals surface area contributed by atoms with Gasteiger partial charge in [0.05, 0.1) is 12.7 Å². The van der Waals surface area contributed by atoms with Gasteiger partial charge in [-0.25, -0.2) is 0 Å². The van der Waals surface area contributed by atoms with Crippen LogP contribution in [0.4, 0.5) is 0 Å². The van der Waals surface area contributed by atoms with Crippen LogP contribution in [0.3, 0.4) is 0 Å². The number of hydrogen-bond donors (Lipinski definition) is 1. The average molecular weight is 220 g/mol. The fourth-order valence-electron chi connectivity index (χ4n) is 2.64. The number of benzene rings is 1. The van der Waals surface area contributed by atoms with Crippen LogP contribution in [-0.4, -0.2) is 12.2 Å². The first-order chi connectivity index (χ1) is 7.68. The summed E-state index contributed by atoms with van der Waals surface area (Å²) >= 11 is 0. The first kappa shape index (κ1) is 11.5. The number of rotatable bonds is 3. The molecule has 2 heteroatoms. The van der Waals surface area contributed by atoms with Crippen LogP contribution in [-0.2, 0) is 5.60 Å². The van der Waals surface area contributed by atoms with E-state index in [2.05, 4.69) is 6.92 Å². The summed E-state index contributed by atoms with van der Waals surface area (Å²) in [5, 5.41) is 10.6. The maximum absolute atomic E-state index is 10.6. The molecule has 2 rings (SSSR count). The molecule has 0 aliphatic heterocycles. The van der Waals surface area contributed by atoms with Gasteiger partial charge in [0.15, 0.2) is 0 Å². The van der Waals surface area contributed by atoms with Crippen molar-refractivity contribution < 1.29 is 9.84 Å². The van der Waals surface area contributed by atoms with E-state index in [-0.39, 0.29) is 0 Å². The van der Waals surface area contributed by atoms with E-state index in [1.807, 2.05) is 24.3 Å². The molecule has 1 aliphatic rings. The smallest absolute Gasteiger partial charge is 0.118 e. The van der Waals surface area contributed by atoms with Crippen molar-refractivity contribution in [3.63, 3.8) is 0 Å². The number of ether oxygens (including phenoxy) is 1. The van der Waals surface area contributed by atoms with E-state index in [1.54, 1.807) is 7.11 Å². The lowest BCUT2D eigenvalue weighted by molar-refractivity contribution is 0.0398. The molecule has 2 unspecified atom stereocenters. The van der Waals surface area contributed by atoms with E-state index in [1.165, 1.54) is 6.42 Å². The zero-order valence-electron chi connectivity index (χ0n) is 10.1. The summed E-state index contributed by atoms with van der Waals surface area (Å²) in [4.78, 5) is 0. The monoisotopic (exact) mass is 220 g/mol. The highest BCUT2D eigenvalue weighted by Crippen LogP contribution is 2.43. The largest absolute Gasteiger partial charge is 0.497 e. The molecule has 1 fully saturated rings. The molecule has 0 radical (unpaired) electrons. The minimum Gasteiger partial charge on any atom is -0.497 e. The summed E-state index contributed by atoms with van der Waals surface area (Å²) in [5.41, 5.74) is 0.427. The van der Waals surface area contributed by atoms with Crippen LogP contribution in [0, 0.1) is 5.92 Å². The molecule has 2 nitrogen and oxygen atoms in total. The zero-order valence-corrected chi connectivity index (χ0v) is 10.1. The Labute approximate surface area is 97.3 Å². The summed E-state index contributed by atoms with van der Waals surface area (Å²) in [6.07, 6.45) is 4.09. The first-order valence-electron chi connectivity index (χ1n) is 6.05. The molecule has 0 aromatic heterocycles. The fourth-order valence-corrected chi connectivity index (χ4v) is 2.64. The van der Waals surface area contributed by atoms with E-state index in [0.717, 1.165) is 30.6 Å². The van der Waals surface area contributed by atoms with Gasteiger partial charge < -0.3 is 9.84 Å². The van der Waals surface area contributed by atoms with Gasteiger partial charge in [0.1, 0.15) is 5.75 Å². The molecule has 2 atom stereocenters. The minimum atomic E-state index is -0.604. The van der Waals surface area contributed by atoms with Crippen molar-refractivity contribution in [1.29, 1.82) is 0 Å². The van der Waals surface area contributed by atoms with Gasteiger partial charge in [-0.05, 0) is 42.9 Å². The van der Waals surface area contributed by atoms with Gasteiger partial charge in [-0.1, -0.05) is 25.5 Å². The Kier molecular flexibility index (Phi) is 3.20. The highest BCUT2D eigenvalue weighted by atomic mass is 16.5. The third-order valence-electron chi connectivity index (χ3n) is 3.80. The van der Waals surface area contributed by atoms with Crippen molar-refractivity contribution in [2.45, 2.75) is 38.2 Å². The summed E-state index contributed by atoms with van der Waals surface area (Å²) in [7, 11) is 1.66. The SMILES string of the molecule is CCC1CCC(O)(c2ccc(OC)cc2)C1. The molecule has 1 N–H and O–H groups in total. The van der Waals surface area contributed by atoms with Gasteiger partial charge in [0, 0.05) is 0 Å². The van der Waals surface area contributed by atoms with E-state index < -0.39 is 5.60 Å². The molecular weight excluding hydrogens is 200 g/mol. The maximum atomic E-state index is 10.6. The molecule has 1 aromatic carbocycles. The van der Waals surface area contributed by atoms with Gasteiger partial charge in [0.2, 0.25) is 0 Å². The Balaban J connectivity index is 2.17. The summed E-state index contributed by atoms with van der Waals surface area (Å²) in [6.45, 7) is 2.20. The number of hydrogen-bond acceptors (Lipinski definition) is 2. The maximum Gasteiger partial charge on any atom is 0.118 e. The predicted octanol–water partition coefficient (Wildman–Crippen LogP) is 3.09. The number of aliphatic hydroxyl groups is 1. The van der Waals surface area contributed by atoms with Gasteiger partial charge in [0.25, 0.3) is 0 Å². The van der Waals surface area contributed by atoms with Crippen LogP contribution in [0.1, 0.15) is 38.2 Å². The molecule has 1 aromatic rings. The molecule has 1 aliphatic carbocycles. The number of methoxy groups -OCH3 is 1. The summed E-state index contributed by atoms with van der Waals surface area (Å²) < 4.78 is 5.13. The topological polar surface area (TPSA) is 29.5 Å². The van der Waals surface area contributed by atoms with Crippen LogP contribution in [0.25, 0.3) is 0 Å². The molecule has 88 valence electrons. The second kappa shape index (κ2) is 4.46. The second-order valence-corrected chi connectivity index (χ2v) is 4.78. The predicted molar refractivity (Wildman–Crippen MR) is 64.5 cm³/mol. The fraction of sp³-hybridized carbons (Fsp3) is 0.571. The van der Waals surface area contributed by atoms with E-state index in [4.69, 9.17) is 4.74 Å². The lowest BCUT2D eigenvalue weighted by Gasteiger charge is -2.23. The minimum absolute atomic E-state index is 0.604. The Morgan fingerprint density at radius 1 is 1.38 bits per heavy atom. The molecular formula is C14H20O2. The quantitative estimate of drug-likeness (QED) is 0.848.